The van der Waals surface area contributed by atoms with E-state index in [-0.39, 0.29) is 0 Å². The van der Waals surface area contributed by atoms with Gasteiger partial charge in [-0.3, -0.25) is 0 Å². The molecule has 1 unspecified atom stereocenters. The van der Waals surface area contributed by atoms with Gasteiger partial charge in [0.2, 0.25) is 0 Å². The van der Waals surface area contributed by atoms with Crippen LogP contribution in [0.1, 0.15) is 24.0 Å². The Morgan fingerprint density at radius 1 is 1.62 bits per heavy atom. The van der Waals surface area contributed by atoms with Gasteiger partial charge in [-0.2, -0.15) is 0 Å². The molecule has 0 spiro atoms. The first kappa shape index (κ1) is 11.6. The predicted octanol–water partition coefficient (Wildman–Crippen LogP) is 3.65. The number of thiophene rings is 1. The average Bonchev–Trinajstić information content (AvgIpc) is 2.47. The van der Waals surface area contributed by atoms with E-state index in [0.29, 0.717) is 10.5 Å². The van der Waals surface area contributed by atoms with Crippen molar-refractivity contribution in [2.75, 3.05) is 6.54 Å². The van der Waals surface area contributed by atoms with E-state index < -0.39 is 0 Å². The van der Waals surface area contributed by atoms with Gasteiger partial charge in [-0.1, -0.05) is 13.8 Å². The molecule has 1 heterocycles. The van der Waals surface area contributed by atoms with Crippen LogP contribution in [0.4, 0.5) is 0 Å². The van der Waals surface area contributed by atoms with Crippen molar-refractivity contribution in [1.82, 2.24) is 0 Å². The Morgan fingerprint density at radius 3 is 2.69 bits per heavy atom. The van der Waals surface area contributed by atoms with Crippen LogP contribution in [0.3, 0.4) is 0 Å². The lowest BCUT2D eigenvalue weighted by atomic mass is 10.3. The molecule has 1 nitrogen and oxygen atoms in total. The van der Waals surface area contributed by atoms with E-state index in [4.69, 9.17) is 5.73 Å². The first-order chi connectivity index (χ1) is 6.13. The third-order valence-corrected chi connectivity index (χ3v) is 4.83. The maximum atomic E-state index is 5.73. The van der Waals surface area contributed by atoms with Gasteiger partial charge in [0, 0.05) is 21.3 Å². The fourth-order valence-electron chi connectivity index (χ4n) is 1.06. The highest BCUT2D eigenvalue weighted by atomic mass is 79.9. The summed E-state index contributed by atoms with van der Waals surface area (Å²) >= 11 is 7.16. The Kier molecular flexibility index (Phi) is 4.80. The van der Waals surface area contributed by atoms with Crippen molar-refractivity contribution < 1.29 is 0 Å². The molecular weight excluding hydrogens is 266 g/mol. The molecular formula is C9H14BrNS2. The lowest BCUT2D eigenvalue weighted by molar-refractivity contribution is 0.945. The zero-order valence-electron chi connectivity index (χ0n) is 7.79. The van der Waals surface area contributed by atoms with Crippen molar-refractivity contribution in [3.05, 3.63) is 20.8 Å². The molecule has 0 saturated heterocycles. The van der Waals surface area contributed by atoms with Crippen molar-refractivity contribution in [3.63, 3.8) is 0 Å². The maximum absolute atomic E-state index is 5.73. The second kappa shape index (κ2) is 5.39. The van der Waals surface area contributed by atoms with Gasteiger partial charge in [-0.05, 0) is 27.2 Å². The summed E-state index contributed by atoms with van der Waals surface area (Å²) in [5.74, 6) is 0. The molecule has 0 aliphatic rings. The van der Waals surface area contributed by atoms with Crippen molar-refractivity contribution in [1.29, 1.82) is 0 Å². The van der Waals surface area contributed by atoms with E-state index >= 15 is 0 Å². The summed E-state index contributed by atoms with van der Waals surface area (Å²) in [5, 5.41) is 3.20. The molecule has 0 aliphatic carbocycles. The molecule has 0 bridgehead atoms. The minimum Gasteiger partial charge on any atom is -0.329 e. The molecule has 2 N–H and O–H groups in total. The Bertz CT molecular complexity index is 260. The maximum Gasteiger partial charge on any atom is 0.0516 e. The third-order valence-electron chi connectivity index (χ3n) is 1.56. The second-order valence-electron chi connectivity index (χ2n) is 3.08. The average molecular weight is 280 g/mol. The van der Waals surface area contributed by atoms with Crippen molar-refractivity contribution in [2.45, 2.75) is 24.3 Å². The Labute approximate surface area is 96.2 Å². The van der Waals surface area contributed by atoms with Gasteiger partial charge in [-0.25, -0.2) is 0 Å². The summed E-state index contributed by atoms with van der Waals surface area (Å²) in [7, 11) is 0. The topological polar surface area (TPSA) is 26.0 Å². The lowest BCUT2D eigenvalue weighted by Crippen LogP contribution is -2.10. The minimum atomic E-state index is 0.455. The molecule has 0 fully saturated rings. The molecule has 0 amide bonds. The molecule has 0 radical (unpaired) electrons. The summed E-state index contributed by atoms with van der Waals surface area (Å²) in [6.45, 7) is 5.13. The highest BCUT2D eigenvalue weighted by molar-refractivity contribution is 9.10. The van der Waals surface area contributed by atoms with Crippen LogP contribution in [0, 0.1) is 0 Å². The number of hydrogen-bond donors (Lipinski definition) is 1. The standard InChI is InChI=1S/C9H14BrNS2/c1-6(2)13-9(4-11)8-3-7(10)5-12-8/h3,5-6,9H,4,11H2,1-2H3. The van der Waals surface area contributed by atoms with Crippen LogP contribution < -0.4 is 5.73 Å². The first-order valence-corrected chi connectivity index (χ1v) is 6.84. The van der Waals surface area contributed by atoms with Crippen LogP contribution in [-0.2, 0) is 0 Å². The molecule has 13 heavy (non-hydrogen) atoms. The van der Waals surface area contributed by atoms with Crippen LogP contribution in [0.25, 0.3) is 0 Å². The summed E-state index contributed by atoms with van der Waals surface area (Å²) < 4.78 is 1.16. The van der Waals surface area contributed by atoms with Crippen molar-refractivity contribution >= 4 is 39.0 Å². The Morgan fingerprint density at radius 2 is 2.31 bits per heavy atom. The number of halogens is 1. The van der Waals surface area contributed by atoms with Crippen molar-refractivity contribution in [2.24, 2.45) is 5.73 Å². The molecule has 1 aromatic rings. The molecule has 0 saturated carbocycles. The van der Waals surface area contributed by atoms with Gasteiger partial charge in [0.1, 0.15) is 0 Å². The van der Waals surface area contributed by atoms with E-state index in [9.17, 15) is 0 Å². The van der Waals surface area contributed by atoms with Gasteiger partial charge in [-0.15, -0.1) is 23.1 Å². The number of nitrogens with two attached hydrogens (primary N) is 1. The Hall–Kier alpha value is 0.490. The van der Waals surface area contributed by atoms with Crippen LogP contribution >= 0.6 is 39.0 Å². The zero-order valence-corrected chi connectivity index (χ0v) is 11.0. The predicted molar refractivity (Wildman–Crippen MR) is 66.5 cm³/mol. The number of rotatable bonds is 4. The third kappa shape index (κ3) is 3.62. The molecule has 1 aromatic heterocycles. The van der Waals surface area contributed by atoms with Crippen LogP contribution in [0.15, 0.2) is 15.9 Å². The quantitative estimate of drug-likeness (QED) is 0.911. The number of hydrogen-bond acceptors (Lipinski definition) is 3. The summed E-state index contributed by atoms with van der Waals surface area (Å²) in [6.07, 6.45) is 0. The highest BCUT2D eigenvalue weighted by Gasteiger charge is 2.13. The minimum absolute atomic E-state index is 0.455. The summed E-state index contributed by atoms with van der Waals surface area (Å²) in [5.41, 5.74) is 5.73. The fourth-order valence-corrected chi connectivity index (χ4v) is 3.81. The van der Waals surface area contributed by atoms with Crippen LogP contribution in [0.2, 0.25) is 0 Å². The van der Waals surface area contributed by atoms with E-state index in [1.165, 1.54) is 4.88 Å². The first-order valence-electron chi connectivity index (χ1n) is 4.23. The Balaban J connectivity index is 2.66. The molecule has 0 aromatic carbocycles. The van der Waals surface area contributed by atoms with E-state index in [2.05, 4.69) is 41.2 Å². The normalized spacial score (nSPS) is 13.6. The number of thioether (sulfide) groups is 1. The highest BCUT2D eigenvalue weighted by Crippen LogP contribution is 2.35. The SMILES string of the molecule is CC(C)SC(CN)c1cc(Br)cs1. The lowest BCUT2D eigenvalue weighted by Gasteiger charge is -2.14. The van der Waals surface area contributed by atoms with Gasteiger partial charge in [0.25, 0.3) is 0 Å². The van der Waals surface area contributed by atoms with E-state index in [1.807, 2.05) is 11.8 Å². The van der Waals surface area contributed by atoms with E-state index in [1.54, 1.807) is 11.3 Å². The van der Waals surface area contributed by atoms with Gasteiger partial charge in [0.15, 0.2) is 0 Å². The smallest absolute Gasteiger partial charge is 0.0516 e. The fraction of sp³-hybridized carbons (Fsp3) is 0.556. The van der Waals surface area contributed by atoms with Gasteiger partial charge in [0.05, 0.1) is 5.25 Å². The molecule has 0 aliphatic heterocycles. The molecule has 74 valence electrons. The summed E-state index contributed by atoms with van der Waals surface area (Å²) in [4.78, 5) is 1.37. The molecule has 1 rings (SSSR count). The van der Waals surface area contributed by atoms with Gasteiger partial charge >= 0.3 is 0 Å². The largest absolute Gasteiger partial charge is 0.329 e. The van der Waals surface area contributed by atoms with Gasteiger partial charge < -0.3 is 5.73 Å². The molecule has 1 atom stereocenters. The van der Waals surface area contributed by atoms with E-state index in [0.717, 1.165) is 11.0 Å². The zero-order chi connectivity index (χ0) is 9.84. The monoisotopic (exact) mass is 279 g/mol. The summed E-state index contributed by atoms with van der Waals surface area (Å²) in [6, 6.07) is 2.16. The van der Waals surface area contributed by atoms with Crippen LogP contribution in [-0.4, -0.2) is 11.8 Å². The second-order valence-corrected chi connectivity index (χ2v) is 6.72. The van der Waals surface area contributed by atoms with Crippen molar-refractivity contribution in [3.8, 4) is 0 Å². The molecule has 4 heteroatoms. The van der Waals surface area contributed by atoms with Crippen LogP contribution in [0.5, 0.6) is 0 Å².